The molecule has 1 aromatic heterocycles. The SMILES string of the molecule is COc1ccc2occ(C3CC[N]CC3)c2c1. The third-order valence-electron chi connectivity index (χ3n) is 3.52. The van der Waals surface area contributed by atoms with Gasteiger partial charge in [0.05, 0.1) is 13.4 Å². The minimum atomic E-state index is 0.584. The number of benzene rings is 1. The molecule has 2 heterocycles. The summed E-state index contributed by atoms with van der Waals surface area (Å²) in [5.41, 5.74) is 2.26. The standard InChI is InChI=1S/C14H16NO2/c1-16-11-2-3-14-12(8-11)13(9-17-14)10-4-6-15-7-5-10/h2-3,8-10H,4-7H2,1H3. The van der Waals surface area contributed by atoms with Crippen LogP contribution in [0.1, 0.15) is 24.3 Å². The van der Waals surface area contributed by atoms with Crippen LogP contribution in [0.3, 0.4) is 0 Å². The van der Waals surface area contributed by atoms with Crippen molar-refractivity contribution in [2.45, 2.75) is 18.8 Å². The highest BCUT2D eigenvalue weighted by atomic mass is 16.5. The zero-order valence-corrected chi connectivity index (χ0v) is 9.98. The number of fused-ring (bicyclic) bond motifs is 1. The van der Waals surface area contributed by atoms with Gasteiger partial charge in [-0.1, -0.05) is 0 Å². The van der Waals surface area contributed by atoms with Crippen LogP contribution in [0.2, 0.25) is 0 Å². The molecule has 17 heavy (non-hydrogen) atoms. The van der Waals surface area contributed by atoms with Crippen LogP contribution in [0.15, 0.2) is 28.9 Å². The molecule has 1 radical (unpaired) electrons. The Kier molecular flexibility index (Phi) is 2.77. The number of rotatable bonds is 2. The fraction of sp³-hybridized carbons (Fsp3) is 0.429. The number of hydrogen-bond donors (Lipinski definition) is 0. The van der Waals surface area contributed by atoms with Gasteiger partial charge < -0.3 is 9.15 Å². The van der Waals surface area contributed by atoms with Crippen LogP contribution in [0, 0.1) is 0 Å². The van der Waals surface area contributed by atoms with Gasteiger partial charge in [0.25, 0.3) is 0 Å². The van der Waals surface area contributed by atoms with Crippen molar-refractivity contribution in [3.63, 3.8) is 0 Å². The molecule has 3 rings (SSSR count). The number of ether oxygens (including phenoxy) is 1. The first-order valence-electron chi connectivity index (χ1n) is 6.07. The van der Waals surface area contributed by atoms with Gasteiger partial charge in [0.15, 0.2) is 0 Å². The second-order valence-electron chi connectivity index (χ2n) is 4.50. The summed E-state index contributed by atoms with van der Waals surface area (Å²) in [7, 11) is 1.69. The average molecular weight is 230 g/mol. The zero-order chi connectivity index (χ0) is 11.7. The fourth-order valence-electron chi connectivity index (χ4n) is 2.53. The summed E-state index contributed by atoms with van der Waals surface area (Å²) in [6.07, 6.45) is 4.16. The number of furan rings is 1. The predicted octanol–water partition coefficient (Wildman–Crippen LogP) is 2.92. The average Bonchev–Trinajstić information content (AvgIpc) is 2.82. The van der Waals surface area contributed by atoms with Crippen molar-refractivity contribution in [1.29, 1.82) is 0 Å². The second-order valence-corrected chi connectivity index (χ2v) is 4.50. The lowest BCUT2D eigenvalue weighted by molar-refractivity contribution is 0.415. The van der Waals surface area contributed by atoms with Gasteiger partial charge in [-0.05, 0) is 37.0 Å². The minimum absolute atomic E-state index is 0.584. The molecule has 1 aromatic carbocycles. The van der Waals surface area contributed by atoms with Gasteiger partial charge in [-0.3, -0.25) is 0 Å². The number of piperidine rings is 1. The molecule has 1 saturated heterocycles. The van der Waals surface area contributed by atoms with Crippen LogP contribution in [0.4, 0.5) is 0 Å². The molecule has 0 spiro atoms. The molecule has 2 aromatic rings. The third kappa shape index (κ3) is 1.91. The third-order valence-corrected chi connectivity index (χ3v) is 3.52. The molecule has 3 nitrogen and oxygen atoms in total. The van der Waals surface area contributed by atoms with E-state index in [2.05, 4.69) is 11.4 Å². The van der Waals surface area contributed by atoms with E-state index in [9.17, 15) is 0 Å². The maximum atomic E-state index is 5.62. The zero-order valence-electron chi connectivity index (χ0n) is 9.98. The molecular weight excluding hydrogens is 214 g/mol. The first kappa shape index (κ1) is 10.7. The molecule has 1 fully saturated rings. The predicted molar refractivity (Wildman–Crippen MR) is 66.6 cm³/mol. The molecule has 1 aliphatic rings. The van der Waals surface area contributed by atoms with Gasteiger partial charge in [0, 0.05) is 24.0 Å². The number of methoxy groups -OCH3 is 1. The fourth-order valence-corrected chi connectivity index (χ4v) is 2.53. The highest BCUT2D eigenvalue weighted by Crippen LogP contribution is 2.34. The molecule has 0 saturated carbocycles. The van der Waals surface area contributed by atoms with Crippen LogP contribution in [0.5, 0.6) is 5.75 Å². The van der Waals surface area contributed by atoms with Crippen molar-refractivity contribution in [3.05, 3.63) is 30.0 Å². The Morgan fingerprint density at radius 1 is 1.29 bits per heavy atom. The monoisotopic (exact) mass is 230 g/mol. The van der Waals surface area contributed by atoms with Crippen LogP contribution in [0.25, 0.3) is 11.0 Å². The first-order chi connectivity index (χ1) is 8.38. The summed E-state index contributed by atoms with van der Waals surface area (Å²) in [5, 5.41) is 5.59. The van der Waals surface area contributed by atoms with Crippen LogP contribution in [-0.4, -0.2) is 20.2 Å². The van der Waals surface area contributed by atoms with Crippen molar-refractivity contribution in [2.24, 2.45) is 0 Å². The summed E-state index contributed by atoms with van der Waals surface area (Å²) in [4.78, 5) is 0. The van der Waals surface area contributed by atoms with E-state index in [1.54, 1.807) is 7.11 Å². The minimum Gasteiger partial charge on any atom is -0.497 e. The van der Waals surface area contributed by atoms with Crippen LogP contribution >= 0.6 is 0 Å². The maximum absolute atomic E-state index is 5.62. The van der Waals surface area contributed by atoms with Gasteiger partial charge in [0.1, 0.15) is 11.3 Å². The molecule has 89 valence electrons. The van der Waals surface area contributed by atoms with Gasteiger partial charge in [0.2, 0.25) is 0 Å². The smallest absolute Gasteiger partial charge is 0.134 e. The van der Waals surface area contributed by atoms with Crippen molar-refractivity contribution in [3.8, 4) is 5.75 Å². The Morgan fingerprint density at radius 3 is 2.88 bits per heavy atom. The topological polar surface area (TPSA) is 36.5 Å². The number of hydrogen-bond acceptors (Lipinski definition) is 2. The van der Waals surface area contributed by atoms with E-state index in [-0.39, 0.29) is 0 Å². The van der Waals surface area contributed by atoms with Gasteiger partial charge in [-0.25, -0.2) is 5.32 Å². The van der Waals surface area contributed by atoms with Crippen LogP contribution in [-0.2, 0) is 0 Å². The summed E-state index contributed by atoms with van der Waals surface area (Å²) < 4.78 is 10.9. The molecule has 1 aliphatic heterocycles. The van der Waals surface area contributed by atoms with Gasteiger partial charge in [-0.15, -0.1) is 0 Å². The van der Waals surface area contributed by atoms with Gasteiger partial charge in [-0.2, -0.15) is 0 Å². The Balaban J connectivity index is 2.02. The maximum Gasteiger partial charge on any atom is 0.134 e. The normalized spacial score (nSPS) is 17.5. The number of nitrogens with zero attached hydrogens (tertiary/aromatic N) is 1. The van der Waals surface area contributed by atoms with E-state index < -0.39 is 0 Å². The summed E-state index contributed by atoms with van der Waals surface area (Å²) in [5.74, 6) is 1.47. The Labute approximate surface area is 101 Å². The molecule has 0 unspecified atom stereocenters. The molecule has 0 amide bonds. The lowest BCUT2D eigenvalue weighted by atomic mass is 9.90. The quantitative estimate of drug-likeness (QED) is 0.795. The van der Waals surface area contributed by atoms with Crippen molar-refractivity contribution >= 4 is 11.0 Å². The molecule has 3 heteroatoms. The Hall–Kier alpha value is -1.48. The molecule has 0 atom stereocenters. The Bertz CT molecular complexity index is 512. The van der Waals surface area contributed by atoms with E-state index in [1.165, 1.54) is 10.9 Å². The summed E-state index contributed by atoms with van der Waals surface area (Å²) >= 11 is 0. The Morgan fingerprint density at radius 2 is 2.12 bits per heavy atom. The lowest BCUT2D eigenvalue weighted by Crippen LogP contribution is -2.20. The van der Waals surface area contributed by atoms with Crippen LogP contribution < -0.4 is 10.1 Å². The van der Waals surface area contributed by atoms with Gasteiger partial charge >= 0.3 is 0 Å². The summed E-state index contributed by atoms with van der Waals surface area (Å²) in [6, 6.07) is 5.98. The van der Waals surface area contributed by atoms with Crippen molar-refractivity contribution in [1.82, 2.24) is 5.32 Å². The van der Waals surface area contributed by atoms with Crippen molar-refractivity contribution < 1.29 is 9.15 Å². The molecular formula is C14H16NO2. The van der Waals surface area contributed by atoms with E-state index in [0.717, 1.165) is 37.3 Å². The summed E-state index contributed by atoms with van der Waals surface area (Å²) in [6.45, 7) is 1.95. The van der Waals surface area contributed by atoms with E-state index in [1.807, 2.05) is 18.4 Å². The highest BCUT2D eigenvalue weighted by Gasteiger charge is 2.20. The second kappa shape index (κ2) is 4.41. The molecule has 0 bridgehead atoms. The van der Waals surface area contributed by atoms with E-state index in [4.69, 9.17) is 9.15 Å². The van der Waals surface area contributed by atoms with E-state index >= 15 is 0 Å². The largest absolute Gasteiger partial charge is 0.497 e. The van der Waals surface area contributed by atoms with E-state index in [0.29, 0.717) is 5.92 Å². The first-order valence-corrected chi connectivity index (χ1v) is 6.07. The van der Waals surface area contributed by atoms with Crippen molar-refractivity contribution in [2.75, 3.05) is 20.2 Å². The highest BCUT2D eigenvalue weighted by molar-refractivity contribution is 5.83. The lowest BCUT2D eigenvalue weighted by Gasteiger charge is -2.20. The molecule has 0 N–H and O–H groups in total. The molecule has 0 aliphatic carbocycles.